The third kappa shape index (κ3) is 3.89. The SMILES string of the molecule is O=C(C(c1ccccc1)c1ccccc1)N1CCN(C[C@H]2C[C@H]3C=C[C@@H]2C3)CC1. The first-order valence-corrected chi connectivity index (χ1v) is 11.1. The molecule has 1 amide bonds. The number of carbonyl (C=O) groups is 1. The van der Waals surface area contributed by atoms with Gasteiger partial charge in [0.05, 0.1) is 5.92 Å². The number of rotatable bonds is 5. The summed E-state index contributed by atoms with van der Waals surface area (Å²) in [6, 6.07) is 20.5. The van der Waals surface area contributed by atoms with E-state index in [0.29, 0.717) is 0 Å². The molecule has 3 heteroatoms. The van der Waals surface area contributed by atoms with Gasteiger partial charge in [-0.05, 0) is 41.7 Å². The predicted octanol–water partition coefficient (Wildman–Crippen LogP) is 4.17. The standard InChI is InChI=1S/C26H30N2O/c29-26(25(21-7-3-1-4-8-21)22-9-5-2-6-10-22)28-15-13-27(14-16-28)19-24-18-20-11-12-23(24)17-20/h1-12,20,23-25H,13-19H2/t20-,23+,24+/m0/s1. The van der Waals surface area contributed by atoms with Gasteiger partial charge in [0.2, 0.25) is 5.91 Å². The number of allylic oxidation sites excluding steroid dienone is 2. The Labute approximate surface area is 174 Å². The molecule has 150 valence electrons. The second-order valence-corrected chi connectivity index (χ2v) is 8.92. The summed E-state index contributed by atoms with van der Waals surface area (Å²) in [6.45, 7) is 4.88. The number of benzene rings is 2. The lowest BCUT2D eigenvalue weighted by Gasteiger charge is -2.38. The lowest BCUT2D eigenvalue weighted by Crippen LogP contribution is -2.51. The van der Waals surface area contributed by atoms with E-state index in [1.54, 1.807) is 0 Å². The van der Waals surface area contributed by atoms with Crippen LogP contribution in [0.3, 0.4) is 0 Å². The van der Waals surface area contributed by atoms with Gasteiger partial charge in [-0.3, -0.25) is 9.69 Å². The van der Waals surface area contributed by atoms with Crippen LogP contribution >= 0.6 is 0 Å². The molecule has 1 aliphatic heterocycles. The molecule has 3 atom stereocenters. The molecule has 2 aromatic carbocycles. The van der Waals surface area contributed by atoms with Crippen molar-refractivity contribution in [2.75, 3.05) is 32.7 Å². The van der Waals surface area contributed by atoms with Crippen molar-refractivity contribution in [3.8, 4) is 0 Å². The Morgan fingerprint density at radius 3 is 1.97 bits per heavy atom. The van der Waals surface area contributed by atoms with Gasteiger partial charge < -0.3 is 4.90 Å². The van der Waals surface area contributed by atoms with Gasteiger partial charge in [-0.1, -0.05) is 72.8 Å². The van der Waals surface area contributed by atoms with Gasteiger partial charge >= 0.3 is 0 Å². The van der Waals surface area contributed by atoms with Crippen molar-refractivity contribution in [2.45, 2.75) is 18.8 Å². The summed E-state index contributed by atoms with van der Waals surface area (Å²) in [5.74, 6) is 2.50. The van der Waals surface area contributed by atoms with E-state index in [4.69, 9.17) is 0 Å². The summed E-state index contributed by atoms with van der Waals surface area (Å²) in [5, 5.41) is 0. The van der Waals surface area contributed by atoms with Crippen LogP contribution in [-0.2, 0) is 4.79 Å². The first kappa shape index (κ1) is 18.6. The minimum absolute atomic E-state index is 0.209. The number of piperazine rings is 1. The Balaban J connectivity index is 1.25. The molecule has 0 N–H and O–H groups in total. The van der Waals surface area contributed by atoms with Crippen molar-refractivity contribution in [3.05, 3.63) is 83.9 Å². The van der Waals surface area contributed by atoms with Crippen molar-refractivity contribution in [3.63, 3.8) is 0 Å². The Bertz CT molecular complexity index is 815. The van der Waals surface area contributed by atoms with Crippen LogP contribution in [0.4, 0.5) is 0 Å². The molecule has 0 spiro atoms. The van der Waals surface area contributed by atoms with E-state index >= 15 is 0 Å². The van der Waals surface area contributed by atoms with Gasteiger partial charge in [-0.25, -0.2) is 0 Å². The molecule has 29 heavy (non-hydrogen) atoms. The zero-order valence-corrected chi connectivity index (χ0v) is 17.0. The molecule has 3 nitrogen and oxygen atoms in total. The second-order valence-electron chi connectivity index (χ2n) is 8.92. The van der Waals surface area contributed by atoms with Gasteiger partial charge in [0.15, 0.2) is 0 Å². The third-order valence-corrected chi connectivity index (χ3v) is 7.11. The van der Waals surface area contributed by atoms with Crippen LogP contribution in [0.5, 0.6) is 0 Å². The molecule has 2 fully saturated rings. The van der Waals surface area contributed by atoms with Crippen LogP contribution < -0.4 is 0 Å². The minimum Gasteiger partial charge on any atom is -0.339 e. The minimum atomic E-state index is -0.209. The van der Waals surface area contributed by atoms with E-state index in [1.165, 1.54) is 19.4 Å². The molecule has 5 rings (SSSR count). The monoisotopic (exact) mass is 386 g/mol. The van der Waals surface area contributed by atoms with E-state index in [9.17, 15) is 4.79 Å². The predicted molar refractivity (Wildman–Crippen MR) is 117 cm³/mol. The first-order chi connectivity index (χ1) is 14.3. The van der Waals surface area contributed by atoms with Crippen molar-refractivity contribution in [2.24, 2.45) is 17.8 Å². The maximum absolute atomic E-state index is 13.6. The number of hydrogen-bond acceptors (Lipinski definition) is 2. The summed E-state index contributed by atoms with van der Waals surface area (Å²) in [6.07, 6.45) is 7.61. The van der Waals surface area contributed by atoms with Crippen molar-refractivity contribution >= 4 is 5.91 Å². The van der Waals surface area contributed by atoms with Gasteiger partial charge in [0.25, 0.3) is 0 Å². The zero-order chi connectivity index (χ0) is 19.6. The number of carbonyl (C=O) groups excluding carboxylic acids is 1. The van der Waals surface area contributed by atoms with Crippen molar-refractivity contribution in [1.29, 1.82) is 0 Å². The molecule has 1 saturated heterocycles. The summed E-state index contributed by atoms with van der Waals surface area (Å²) in [5.41, 5.74) is 2.17. The normalized spacial score (nSPS) is 26.4. The Hall–Kier alpha value is -2.39. The third-order valence-electron chi connectivity index (χ3n) is 7.11. The topological polar surface area (TPSA) is 23.6 Å². The van der Waals surface area contributed by atoms with Crippen LogP contribution in [-0.4, -0.2) is 48.4 Å². The zero-order valence-electron chi connectivity index (χ0n) is 17.0. The summed E-state index contributed by atoms with van der Waals surface area (Å²) in [7, 11) is 0. The van der Waals surface area contributed by atoms with Crippen LogP contribution in [0, 0.1) is 17.8 Å². The maximum atomic E-state index is 13.6. The van der Waals surface area contributed by atoms with Crippen LogP contribution in [0.15, 0.2) is 72.8 Å². The summed E-state index contributed by atoms with van der Waals surface area (Å²) >= 11 is 0. The molecule has 2 bridgehead atoms. The molecule has 0 radical (unpaired) electrons. The fourth-order valence-corrected chi connectivity index (χ4v) is 5.54. The van der Waals surface area contributed by atoms with Crippen LogP contribution in [0.1, 0.15) is 29.9 Å². The lowest BCUT2D eigenvalue weighted by molar-refractivity contribution is -0.133. The highest BCUT2D eigenvalue weighted by Gasteiger charge is 2.37. The fourth-order valence-electron chi connectivity index (χ4n) is 5.54. The Morgan fingerprint density at radius 1 is 0.828 bits per heavy atom. The van der Waals surface area contributed by atoms with E-state index < -0.39 is 0 Å². The smallest absolute Gasteiger partial charge is 0.234 e. The molecule has 3 aliphatic rings. The second kappa shape index (κ2) is 8.16. The van der Waals surface area contributed by atoms with E-state index in [-0.39, 0.29) is 11.8 Å². The molecular formula is C26H30N2O. The van der Waals surface area contributed by atoms with Crippen LogP contribution in [0.25, 0.3) is 0 Å². The van der Waals surface area contributed by atoms with Crippen molar-refractivity contribution < 1.29 is 4.79 Å². The number of fused-ring (bicyclic) bond motifs is 2. The van der Waals surface area contributed by atoms with Gasteiger partial charge in [0, 0.05) is 32.7 Å². The fraction of sp³-hybridized carbons (Fsp3) is 0.423. The highest BCUT2D eigenvalue weighted by Crippen LogP contribution is 2.43. The molecule has 2 aromatic rings. The van der Waals surface area contributed by atoms with Gasteiger partial charge in [0.1, 0.15) is 0 Å². The molecular weight excluding hydrogens is 356 g/mol. The summed E-state index contributed by atoms with van der Waals surface area (Å²) < 4.78 is 0. The molecule has 1 heterocycles. The highest BCUT2D eigenvalue weighted by molar-refractivity contribution is 5.87. The summed E-state index contributed by atoms with van der Waals surface area (Å²) in [4.78, 5) is 18.2. The molecule has 0 aromatic heterocycles. The number of hydrogen-bond donors (Lipinski definition) is 0. The average Bonchev–Trinajstić information content (AvgIpc) is 3.39. The number of nitrogens with zero attached hydrogens (tertiary/aromatic N) is 2. The highest BCUT2D eigenvalue weighted by atomic mass is 16.2. The van der Waals surface area contributed by atoms with Crippen molar-refractivity contribution in [1.82, 2.24) is 9.80 Å². The quantitative estimate of drug-likeness (QED) is 0.720. The Kier molecular flexibility index (Phi) is 5.24. The number of amides is 1. The lowest BCUT2D eigenvalue weighted by atomic mass is 9.89. The van der Waals surface area contributed by atoms with Gasteiger partial charge in [-0.15, -0.1) is 0 Å². The van der Waals surface area contributed by atoms with E-state index in [0.717, 1.165) is 55.1 Å². The van der Waals surface area contributed by atoms with Gasteiger partial charge in [-0.2, -0.15) is 0 Å². The Morgan fingerprint density at radius 2 is 1.45 bits per heavy atom. The molecule has 2 aliphatic carbocycles. The molecule has 1 saturated carbocycles. The average molecular weight is 387 g/mol. The first-order valence-electron chi connectivity index (χ1n) is 11.1. The maximum Gasteiger partial charge on any atom is 0.234 e. The largest absolute Gasteiger partial charge is 0.339 e. The molecule has 0 unspecified atom stereocenters. The van der Waals surface area contributed by atoms with Crippen LogP contribution in [0.2, 0.25) is 0 Å². The van der Waals surface area contributed by atoms with E-state index in [1.807, 2.05) is 36.4 Å². The van der Waals surface area contributed by atoms with E-state index in [2.05, 4.69) is 46.2 Å².